The fourth-order valence-electron chi connectivity index (χ4n) is 2.68. The maximum Gasteiger partial charge on any atom is 0.244 e. The van der Waals surface area contributed by atoms with Gasteiger partial charge in [0.15, 0.2) is 0 Å². The highest BCUT2D eigenvalue weighted by Gasteiger charge is 2.30. The Balaban J connectivity index is 1.63. The van der Waals surface area contributed by atoms with Crippen LogP contribution in [0.5, 0.6) is 0 Å². The highest BCUT2D eigenvalue weighted by Crippen LogP contribution is 2.24. The predicted molar refractivity (Wildman–Crippen MR) is 92.8 cm³/mol. The molecule has 0 spiro atoms. The molecule has 1 aliphatic heterocycles. The van der Waals surface area contributed by atoms with Crippen molar-refractivity contribution in [2.45, 2.75) is 38.4 Å². The number of carbonyl (C=O) groups excluding carboxylic acids is 1. The Bertz CT molecular complexity index is 682. The van der Waals surface area contributed by atoms with Gasteiger partial charge in [-0.2, -0.15) is 5.10 Å². The number of aromatic nitrogens is 2. The molecular formula is C16H20BrN5O. The second-order valence-electron chi connectivity index (χ2n) is 5.93. The van der Waals surface area contributed by atoms with Crippen molar-refractivity contribution in [2.24, 2.45) is 0 Å². The number of rotatable bonds is 4. The van der Waals surface area contributed by atoms with E-state index < -0.39 is 0 Å². The van der Waals surface area contributed by atoms with Gasteiger partial charge in [0.1, 0.15) is 11.9 Å². The first-order chi connectivity index (χ1) is 11.0. The van der Waals surface area contributed by atoms with Crippen molar-refractivity contribution in [3.8, 4) is 0 Å². The van der Waals surface area contributed by atoms with E-state index in [1.807, 2.05) is 32.0 Å². The molecule has 0 saturated carbocycles. The molecule has 122 valence electrons. The number of benzene rings is 1. The molecule has 7 heteroatoms. The molecule has 0 bridgehead atoms. The minimum Gasteiger partial charge on any atom is -0.309 e. The number of nitrogens with zero attached hydrogens (tertiary/aromatic N) is 2. The molecule has 23 heavy (non-hydrogen) atoms. The lowest BCUT2D eigenvalue weighted by atomic mass is 10.0. The molecule has 3 N–H and O–H groups in total. The number of amides is 1. The molecule has 2 aromatic rings. The summed E-state index contributed by atoms with van der Waals surface area (Å²) in [6.45, 7) is 4.06. The molecule has 2 heterocycles. The lowest BCUT2D eigenvalue weighted by Gasteiger charge is -2.14. The fourth-order valence-corrected chi connectivity index (χ4v) is 2.94. The Morgan fingerprint density at radius 3 is 2.74 bits per heavy atom. The number of hydrogen-bond acceptors (Lipinski definition) is 4. The second-order valence-corrected chi connectivity index (χ2v) is 6.84. The summed E-state index contributed by atoms with van der Waals surface area (Å²) in [4.78, 5) is 12.5. The summed E-state index contributed by atoms with van der Waals surface area (Å²) in [5.74, 6) is 0.665. The zero-order valence-corrected chi connectivity index (χ0v) is 14.7. The normalized spacial score (nSPS) is 20.9. The van der Waals surface area contributed by atoms with Gasteiger partial charge >= 0.3 is 0 Å². The summed E-state index contributed by atoms with van der Waals surface area (Å²) in [7, 11) is 0. The third-order valence-corrected chi connectivity index (χ3v) is 4.43. The lowest BCUT2D eigenvalue weighted by Crippen LogP contribution is -2.40. The molecular weight excluding hydrogens is 358 g/mol. The maximum atomic E-state index is 12.5. The van der Waals surface area contributed by atoms with Crippen molar-refractivity contribution in [2.75, 3.05) is 5.32 Å². The minimum absolute atomic E-state index is 0.0560. The topological polar surface area (TPSA) is 71.0 Å². The summed E-state index contributed by atoms with van der Waals surface area (Å²) in [6.07, 6.45) is 2.39. The van der Waals surface area contributed by atoms with Crippen molar-refractivity contribution in [3.63, 3.8) is 0 Å². The van der Waals surface area contributed by atoms with Crippen LogP contribution in [-0.4, -0.2) is 21.7 Å². The molecule has 1 aromatic heterocycles. The Kier molecular flexibility index (Phi) is 4.79. The number of carbonyl (C=O) groups is 1. The van der Waals surface area contributed by atoms with Crippen molar-refractivity contribution < 1.29 is 4.79 Å². The van der Waals surface area contributed by atoms with Crippen LogP contribution < -0.4 is 16.2 Å². The van der Waals surface area contributed by atoms with Gasteiger partial charge < -0.3 is 5.32 Å². The summed E-state index contributed by atoms with van der Waals surface area (Å²) < 4.78 is 2.84. The van der Waals surface area contributed by atoms with Crippen LogP contribution in [0.3, 0.4) is 0 Å². The molecule has 1 aliphatic rings. The smallest absolute Gasteiger partial charge is 0.244 e. The summed E-state index contributed by atoms with van der Waals surface area (Å²) >= 11 is 3.43. The van der Waals surface area contributed by atoms with E-state index in [9.17, 15) is 4.79 Å². The standard InChI is InChI=1S/C16H20BrN5O/c1-10(2)22-15(7-8-18-22)19-16(23)14-9-13(20-21-14)11-3-5-12(17)6-4-11/h3-8,10,13-14,20-21H,9H2,1-2H3,(H,19,23). The van der Waals surface area contributed by atoms with Crippen LogP contribution >= 0.6 is 15.9 Å². The SMILES string of the molecule is CC(C)n1nccc1NC(=O)C1CC(c2ccc(Br)cc2)NN1. The van der Waals surface area contributed by atoms with E-state index in [1.54, 1.807) is 10.9 Å². The number of hydrogen-bond donors (Lipinski definition) is 3. The van der Waals surface area contributed by atoms with Gasteiger partial charge in [-0.25, -0.2) is 15.5 Å². The van der Waals surface area contributed by atoms with Gasteiger partial charge in [0.25, 0.3) is 0 Å². The van der Waals surface area contributed by atoms with Gasteiger partial charge in [-0.05, 0) is 38.0 Å². The number of halogens is 1. The van der Waals surface area contributed by atoms with Crippen molar-refractivity contribution in [3.05, 3.63) is 46.6 Å². The number of anilines is 1. The molecule has 2 unspecified atom stereocenters. The predicted octanol–water partition coefficient (Wildman–Crippen LogP) is 2.77. The number of hydrazine groups is 1. The van der Waals surface area contributed by atoms with Crippen LogP contribution in [0.4, 0.5) is 5.82 Å². The second kappa shape index (κ2) is 6.82. The Morgan fingerprint density at radius 1 is 1.30 bits per heavy atom. The van der Waals surface area contributed by atoms with Crippen LogP contribution in [0.1, 0.15) is 37.9 Å². The van der Waals surface area contributed by atoms with E-state index in [4.69, 9.17) is 0 Å². The fraction of sp³-hybridized carbons (Fsp3) is 0.375. The van der Waals surface area contributed by atoms with E-state index in [2.05, 4.69) is 49.3 Å². The summed E-state index contributed by atoms with van der Waals surface area (Å²) in [5, 5.41) is 7.17. The Hall–Kier alpha value is -1.70. The quantitative estimate of drug-likeness (QED) is 0.765. The third kappa shape index (κ3) is 3.63. The first-order valence-corrected chi connectivity index (χ1v) is 8.45. The van der Waals surface area contributed by atoms with E-state index in [-0.39, 0.29) is 24.0 Å². The molecule has 2 atom stereocenters. The third-order valence-electron chi connectivity index (χ3n) is 3.90. The van der Waals surface area contributed by atoms with Gasteiger partial charge in [0, 0.05) is 22.6 Å². The molecule has 0 aliphatic carbocycles. The zero-order valence-electron chi connectivity index (χ0n) is 13.1. The van der Waals surface area contributed by atoms with E-state index in [0.717, 1.165) is 15.9 Å². The van der Waals surface area contributed by atoms with Crippen LogP contribution in [0.2, 0.25) is 0 Å². The first kappa shape index (κ1) is 16.2. The molecule has 6 nitrogen and oxygen atoms in total. The highest BCUT2D eigenvalue weighted by molar-refractivity contribution is 9.10. The van der Waals surface area contributed by atoms with E-state index >= 15 is 0 Å². The van der Waals surface area contributed by atoms with Crippen LogP contribution in [-0.2, 0) is 4.79 Å². The van der Waals surface area contributed by atoms with Gasteiger partial charge in [-0.15, -0.1) is 0 Å². The van der Waals surface area contributed by atoms with Crippen molar-refractivity contribution >= 4 is 27.7 Å². The van der Waals surface area contributed by atoms with Crippen LogP contribution in [0.15, 0.2) is 41.0 Å². The first-order valence-electron chi connectivity index (χ1n) is 7.65. The zero-order chi connectivity index (χ0) is 16.4. The number of nitrogens with one attached hydrogen (secondary N) is 3. The summed E-state index contributed by atoms with van der Waals surface area (Å²) in [6, 6.07) is 9.97. The van der Waals surface area contributed by atoms with E-state index in [1.165, 1.54) is 0 Å². The van der Waals surface area contributed by atoms with Crippen molar-refractivity contribution in [1.82, 2.24) is 20.6 Å². The average Bonchev–Trinajstić information content (AvgIpc) is 3.16. The molecule has 0 radical (unpaired) electrons. The maximum absolute atomic E-state index is 12.5. The molecule has 3 rings (SSSR count). The lowest BCUT2D eigenvalue weighted by molar-refractivity contribution is -0.117. The highest BCUT2D eigenvalue weighted by atomic mass is 79.9. The molecule has 1 amide bonds. The van der Waals surface area contributed by atoms with Gasteiger partial charge in [0.05, 0.1) is 6.20 Å². The minimum atomic E-state index is -0.279. The van der Waals surface area contributed by atoms with Crippen molar-refractivity contribution in [1.29, 1.82) is 0 Å². The molecule has 1 aromatic carbocycles. The Morgan fingerprint density at radius 2 is 2.04 bits per heavy atom. The monoisotopic (exact) mass is 377 g/mol. The molecule has 1 saturated heterocycles. The largest absolute Gasteiger partial charge is 0.309 e. The Labute approximate surface area is 143 Å². The van der Waals surface area contributed by atoms with Gasteiger partial charge in [-0.3, -0.25) is 4.79 Å². The van der Waals surface area contributed by atoms with E-state index in [0.29, 0.717) is 6.42 Å². The molecule has 1 fully saturated rings. The van der Waals surface area contributed by atoms with Gasteiger partial charge in [-0.1, -0.05) is 28.1 Å². The summed E-state index contributed by atoms with van der Waals surface area (Å²) in [5.41, 5.74) is 7.42. The van der Waals surface area contributed by atoms with Crippen LogP contribution in [0.25, 0.3) is 0 Å². The van der Waals surface area contributed by atoms with Crippen LogP contribution in [0, 0.1) is 0 Å². The average molecular weight is 378 g/mol. The van der Waals surface area contributed by atoms with Gasteiger partial charge in [0.2, 0.25) is 5.91 Å².